The first kappa shape index (κ1) is 21.5. The van der Waals surface area contributed by atoms with Gasteiger partial charge in [-0.25, -0.2) is 0 Å². The summed E-state index contributed by atoms with van der Waals surface area (Å²) in [6.45, 7) is 10.7. The van der Waals surface area contributed by atoms with Gasteiger partial charge in [-0.2, -0.15) is 10.4 Å². The molecule has 1 atom stereocenters. The Balaban J connectivity index is 1.64. The fourth-order valence-corrected chi connectivity index (χ4v) is 5.27. The number of carbonyl (C=O) groups is 1. The second-order valence-electron chi connectivity index (χ2n) is 9.05. The summed E-state index contributed by atoms with van der Waals surface area (Å²) in [5, 5.41) is 17.7. The highest BCUT2D eigenvalue weighted by Crippen LogP contribution is 2.43. The van der Waals surface area contributed by atoms with Crippen molar-refractivity contribution in [2.75, 3.05) is 18.9 Å². The summed E-state index contributed by atoms with van der Waals surface area (Å²) in [5.74, 6) is 0.525. The number of nitriles is 1. The molecule has 29 heavy (non-hydrogen) atoms. The average molecular weight is 414 g/mol. The Kier molecular flexibility index (Phi) is 6.45. The number of hydrogen-bond donors (Lipinski definition) is 1. The lowest BCUT2D eigenvalue weighted by Gasteiger charge is -2.33. The molecule has 1 N–H and O–H groups in total. The molecule has 1 aliphatic rings. The molecule has 0 aromatic carbocycles. The van der Waals surface area contributed by atoms with E-state index in [-0.39, 0.29) is 17.9 Å². The summed E-state index contributed by atoms with van der Waals surface area (Å²) >= 11 is 1.59. The number of anilines is 1. The number of carbonyl (C=O) groups excluding carboxylic acids is 1. The summed E-state index contributed by atoms with van der Waals surface area (Å²) in [6, 6.07) is 2.34. The standard InChI is InChI=1S/C22H31N5OS/c1-6-27-13-15(11-24-27)12-26(5)14-20(28)25-21-18(10-23)17-8-7-16(22(2,3)4)9-19(17)29-21/h11,13,16H,6-9,12,14H2,1-5H3,(H,25,28). The predicted octanol–water partition coefficient (Wildman–Crippen LogP) is 4.06. The van der Waals surface area contributed by atoms with Crippen LogP contribution in [0.3, 0.4) is 0 Å². The summed E-state index contributed by atoms with van der Waals surface area (Å²) in [5.41, 5.74) is 3.15. The van der Waals surface area contributed by atoms with Gasteiger partial charge in [0, 0.05) is 29.7 Å². The summed E-state index contributed by atoms with van der Waals surface area (Å²) in [6.07, 6.45) is 6.86. The monoisotopic (exact) mass is 413 g/mol. The molecule has 1 aliphatic carbocycles. The topological polar surface area (TPSA) is 74.0 Å². The molecule has 3 rings (SSSR count). The van der Waals surface area contributed by atoms with Crippen LogP contribution in [0, 0.1) is 22.7 Å². The van der Waals surface area contributed by atoms with Crippen LogP contribution >= 0.6 is 11.3 Å². The molecular formula is C22H31N5OS. The number of thiophene rings is 1. The number of rotatable bonds is 6. The Hall–Kier alpha value is -2.17. The first-order chi connectivity index (χ1) is 13.7. The van der Waals surface area contributed by atoms with Crippen LogP contribution in [0.2, 0.25) is 0 Å². The zero-order chi connectivity index (χ0) is 21.2. The number of nitrogens with zero attached hydrogens (tertiary/aromatic N) is 4. The van der Waals surface area contributed by atoms with Gasteiger partial charge in [-0.15, -0.1) is 11.3 Å². The number of nitrogens with one attached hydrogen (secondary N) is 1. The van der Waals surface area contributed by atoms with Crippen molar-refractivity contribution in [1.82, 2.24) is 14.7 Å². The van der Waals surface area contributed by atoms with Crippen molar-refractivity contribution >= 4 is 22.2 Å². The maximum absolute atomic E-state index is 12.6. The molecule has 156 valence electrons. The van der Waals surface area contributed by atoms with E-state index in [4.69, 9.17) is 0 Å². The summed E-state index contributed by atoms with van der Waals surface area (Å²) in [4.78, 5) is 15.8. The summed E-state index contributed by atoms with van der Waals surface area (Å²) in [7, 11) is 1.92. The minimum absolute atomic E-state index is 0.0853. The van der Waals surface area contributed by atoms with Gasteiger partial charge in [-0.05, 0) is 50.1 Å². The maximum Gasteiger partial charge on any atom is 0.239 e. The van der Waals surface area contributed by atoms with E-state index in [1.807, 2.05) is 35.9 Å². The molecule has 0 aliphatic heterocycles. The number of hydrogen-bond acceptors (Lipinski definition) is 5. The van der Waals surface area contributed by atoms with Gasteiger partial charge in [0.2, 0.25) is 5.91 Å². The van der Waals surface area contributed by atoms with Crippen molar-refractivity contribution in [2.45, 2.75) is 60.0 Å². The molecule has 1 unspecified atom stereocenters. The molecule has 6 nitrogen and oxygen atoms in total. The van der Waals surface area contributed by atoms with Crippen molar-refractivity contribution < 1.29 is 4.79 Å². The van der Waals surface area contributed by atoms with E-state index < -0.39 is 0 Å². The molecule has 0 spiro atoms. The number of amides is 1. The lowest BCUT2D eigenvalue weighted by atomic mass is 9.72. The van der Waals surface area contributed by atoms with Crippen LogP contribution in [0.15, 0.2) is 12.4 Å². The third kappa shape index (κ3) is 5.06. The van der Waals surface area contributed by atoms with Crippen LogP contribution in [0.4, 0.5) is 5.00 Å². The molecule has 2 heterocycles. The summed E-state index contributed by atoms with van der Waals surface area (Å²) < 4.78 is 1.88. The first-order valence-electron chi connectivity index (χ1n) is 10.3. The predicted molar refractivity (Wildman–Crippen MR) is 117 cm³/mol. The number of fused-ring (bicyclic) bond motifs is 1. The minimum atomic E-state index is -0.0853. The number of aryl methyl sites for hydroxylation is 1. The van der Waals surface area contributed by atoms with Crippen LogP contribution in [0.1, 0.15) is 55.7 Å². The van der Waals surface area contributed by atoms with Gasteiger partial charge in [0.15, 0.2) is 0 Å². The molecular weight excluding hydrogens is 382 g/mol. The van der Waals surface area contributed by atoms with Crippen LogP contribution < -0.4 is 5.32 Å². The van der Waals surface area contributed by atoms with Crippen LogP contribution in [-0.4, -0.2) is 34.2 Å². The Morgan fingerprint density at radius 3 is 2.86 bits per heavy atom. The Labute approximate surface area is 177 Å². The zero-order valence-electron chi connectivity index (χ0n) is 18.1. The molecule has 0 saturated heterocycles. The molecule has 7 heteroatoms. The highest BCUT2D eigenvalue weighted by Gasteiger charge is 2.32. The van der Waals surface area contributed by atoms with Gasteiger partial charge in [-0.3, -0.25) is 14.4 Å². The highest BCUT2D eigenvalue weighted by molar-refractivity contribution is 7.16. The van der Waals surface area contributed by atoms with Gasteiger partial charge in [0.05, 0.1) is 18.3 Å². The van der Waals surface area contributed by atoms with E-state index in [0.29, 0.717) is 23.0 Å². The molecule has 0 fully saturated rings. The van der Waals surface area contributed by atoms with Crippen molar-refractivity contribution in [3.63, 3.8) is 0 Å². The molecule has 2 aromatic rings. The lowest BCUT2D eigenvalue weighted by molar-refractivity contribution is -0.117. The lowest BCUT2D eigenvalue weighted by Crippen LogP contribution is -2.29. The van der Waals surface area contributed by atoms with Gasteiger partial charge in [0.1, 0.15) is 11.1 Å². The van der Waals surface area contributed by atoms with Gasteiger partial charge in [-0.1, -0.05) is 20.8 Å². The van der Waals surface area contributed by atoms with Gasteiger partial charge < -0.3 is 5.32 Å². The number of likely N-dealkylation sites (N-methyl/N-ethyl adjacent to an activating group) is 1. The number of aromatic nitrogens is 2. The van der Waals surface area contributed by atoms with Crippen molar-refractivity contribution in [3.8, 4) is 6.07 Å². The van der Waals surface area contributed by atoms with Crippen LogP contribution in [0.25, 0.3) is 0 Å². The quantitative estimate of drug-likeness (QED) is 0.775. The molecule has 1 amide bonds. The second kappa shape index (κ2) is 8.68. The molecule has 0 bridgehead atoms. The van der Waals surface area contributed by atoms with Crippen LogP contribution in [-0.2, 0) is 30.7 Å². The van der Waals surface area contributed by atoms with Crippen molar-refractivity contribution in [1.29, 1.82) is 5.26 Å². The second-order valence-corrected chi connectivity index (χ2v) is 10.2. The largest absolute Gasteiger partial charge is 0.315 e. The van der Waals surface area contributed by atoms with E-state index in [1.54, 1.807) is 11.3 Å². The van der Waals surface area contributed by atoms with Gasteiger partial charge >= 0.3 is 0 Å². The Bertz CT molecular complexity index is 915. The smallest absolute Gasteiger partial charge is 0.239 e. The molecule has 0 radical (unpaired) electrons. The van der Waals surface area contributed by atoms with Crippen LogP contribution in [0.5, 0.6) is 0 Å². The molecule has 2 aromatic heterocycles. The highest BCUT2D eigenvalue weighted by atomic mass is 32.1. The third-order valence-electron chi connectivity index (χ3n) is 5.73. The minimum Gasteiger partial charge on any atom is -0.315 e. The average Bonchev–Trinajstić information content (AvgIpc) is 3.23. The van der Waals surface area contributed by atoms with Crippen molar-refractivity contribution in [3.05, 3.63) is 34.0 Å². The Morgan fingerprint density at radius 1 is 1.48 bits per heavy atom. The van der Waals surface area contributed by atoms with E-state index in [9.17, 15) is 10.1 Å². The van der Waals surface area contributed by atoms with Gasteiger partial charge in [0.25, 0.3) is 0 Å². The van der Waals surface area contributed by atoms with E-state index in [0.717, 1.165) is 36.9 Å². The zero-order valence-corrected chi connectivity index (χ0v) is 18.9. The van der Waals surface area contributed by atoms with E-state index >= 15 is 0 Å². The van der Waals surface area contributed by atoms with Crippen molar-refractivity contribution in [2.24, 2.45) is 11.3 Å². The van der Waals surface area contributed by atoms with E-state index in [2.05, 4.69) is 37.3 Å². The third-order valence-corrected chi connectivity index (χ3v) is 6.90. The fourth-order valence-electron chi connectivity index (χ4n) is 3.97. The first-order valence-corrected chi connectivity index (χ1v) is 11.1. The SMILES string of the molecule is CCn1cc(CN(C)CC(=O)Nc2sc3c(c2C#N)CCC(C(C)(C)C)C3)cn1. The maximum atomic E-state index is 12.6. The fraction of sp³-hybridized carbons (Fsp3) is 0.591. The Morgan fingerprint density at radius 2 is 2.24 bits per heavy atom. The normalized spacial score (nSPS) is 16.5. The van der Waals surface area contributed by atoms with E-state index in [1.165, 1.54) is 4.88 Å². The molecule has 0 saturated carbocycles.